The second kappa shape index (κ2) is 7.50. The minimum Gasteiger partial charge on any atom is -0.497 e. The number of nitrogens with zero attached hydrogens (tertiary/aromatic N) is 2. The van der Waals surface area contributed by atoms with Crippen LogP contribution in [-0.2, 0) is 0 Å². The highest BCUT2D eigenvalue weighted by atomic mass is 35.5. The van der Waals surface area contributed by atoms with E-state index in [4.69, 9.17) is 20.8 Å². The van der Waals surface area contributed by atoms with Crippen molar-refractivity contribution in [2.45, 2.75) is 19.9 Å². The Kier molecular flexibility index (Phi) is 4.75. The first-order chi connectivity index (χ1) is 15.4. The smallest absolute Gasteiger partial charge is 0.296 e. The van der Waals surface area contributed by atoms with Gasteiger partial charge in [0, 0.05) is 6.20 Å². The van der Waals surface area contributed by atoms with Crippen molar-refractivity contribution in [2.75, 3.05) is 12.0 Å². The fraction of sp³-hybridized carbons (Fsp3) is 0.160. The fourth-order valence-corrected chi connectivity index (χ4v) is 4.21. The molecule has 1 amide bonds. The van der Waals surface area contributed by atoms with Gasteiger partial charge in [0.05, 0.1) is 29.1 Å². The molecular formula is C25H19ClN2O4. The van der Waals surface area contributed by atoms with Gasteiger partial charge in [-0.15, -0.1) is 0 Å². The number of halogens is 1. The van der Waals surface area contributed by atoms with E-state index in [0.717, 1.165) is 11.1 Å². The van der Waals surface area contributed by atoms with Crippen LogP contribution in [0, 0.1) is 13.8 Å². The predicted molar refractivity (Wildman–Crippen MR) is 123 cm³/mol. The predicted octanol–water partition coefficient (Wildman–Crippen LogP) is 5.22. The van der Waals surface area contributed by atoms with Gasteiger partial charge >= 0.3 is 0 Å². The van der Waals surface area contributed by atoms with Gasteiger partial charge in [0.25, 0.3) is 5.91 Å². The van der Waals surface area contributed by atoms with Gasteiger partial charge in [0.15, 0.2) is 5.43 Å². The third kappa shape index (κ3) is 3.07. The van der Waals surface area contributed by atoms with E-state index in [2.05, 4.69) is 4.98 Å². The maximum absolute atomic E-state index is 13.7. The Morgan fingerprint density at radius 2 is 1.84 bits per heavy atom. The van der Waals surface area contributed by atoms with Crippen LogP contribution in [0.5, 0.6) is 5.75 Å². The first kappa shape index (κ1) is 20.3. The second-order valence-electron chi connectivity index (χ2n) is 7.80. The average molecular weight is 447 g/mol. The molecule has 1 unspecified atom stereocenters. The summed E-state index contributed by atoms with van der Waals surface area (Å²) in [5, 5.41) is 0.889. The van der Waals surface area contributed by atoms with Crippen LogP contribution in [0.4, 0.5) is 5.82 Å². The molecule has 1 aliphatic heterocycles. The Labute approximate surface area is 189 Å². The molecule has 160 valence electrons. The molecule has 0 bridgehead atoms. The third-order valence-electron chi connectivity index (χ3n) is 5.85. The number of amides is 1. The summed E-state index contributed by atoms with van der Waals surface area (Å²) in [5.74, 6) is 0.577. The van der Waals surface area contributed by atoms with Crippen molar-refractivity contribution in [1.29, 1.82) is 0 Å². The van der Waals surface area contributed by atoms with Gasteiger partial charge in [-0.1, -0.05) is 23.7 Å². The van der Waals surface area contributed by atoms with Crippen LogP contribution in [-0.4, -0.2) is 18.0 Å². The molecule has 2 aromatic carbocycles. The van der Waals surface area contributed by atoms with Gasteiger partial charge in [-0.25, -0.2) is 4.98 Å². The van der Waals surface area contributed by atoms with E-state index < -0.39 is 11.9 Å². The van der Waals surface area contributed by atoms with Gasteiger partial charge in [-0.3, -0.25) is 14.5 Å². The molecule has 32 heavy (non-hydrogen) atoms. The van der Waals surface area contributed by atoms with Crippen molar-refractivity contribution in [3.05, 3.63) is 98.0 Å². The zero-order chi connectivity index (χ0) is 22.6. The van der Waals surface area contributed by atoms with Crippen molar-refractivity contribution in [2.24, 2.45) is 0 Å². The van der Waals surface area contributed by atoms with Gasteiger partial charge in [-0.2, -0.15) is 0 Å². The number of carbonyl (C=O) groups excluding carboxylic acids is 1. The SMILES string of the molecule is COc1cccc(C2c3c(oc4cc(C)c(C)cc4c3=O)C(=O)N2c2ccc(Cl)cn2)c1. The standard InChI is InChI=1S/C25H19ClN2O4/c1-13-9-18-19(10-14(13)2)32-24-21(23(18)29)22(15-5-4-6-17(11-15)31-3)28(25(24)30)20-8-7-16(26)12-27-20/h4-12,22H,1-3H3. The Bertz CT molecular complexity index is 1440. The van der Waals surface area contributed by atoms with Crippen molar-refractivity contribution in [3.63, 3.8) is 0 Å². The summed E-state index contributed by atoms with van der Waals surface area (Å²) in [4.78, 5) is 33.1. The number of benzene rings is 2. The maximum Gasteiger partial charge on any atom is 0.296 e. The highest BCUT2D eigenvalue weighted by Gasteiger charge is 2.44. The normalized spacial score (nSPS) is 15.3. The lowest BCUT2D eigenvalue weighted by Gasteiger charge is -2.24. The van der Waals surface area contributed by atoms with E-state index in [0.29, 0.717) is 33.1 Å². The Morgan fingerprint density at radius 1 is 1.06 bits per heavy atom. The molecule has 0 spiro atoms. The second-order valence-corrected chi connectivity index (χ2v) is 8.23. The number of hydrogen-bond acceptors (Lipinski definition) is 5. The highest BCUT2D eigenvalue weighted by Crippen LogP contribution is 2.41. The van der Waals surface area contributed by atoms with Crippen molar-refractivity contribution < 1.29 is 13.9 Å². The summed E-state index contributed by atoms with van der Waals surface area (Å²) in [6.45, 7) is 3.88. The van der Waals surface area contributed by atoms with Crippen molar-refractivity contribution in [1.82, 2.24) is 4.98 Å². The molecule has 1 atom stereocenters. The van der Waals surface area contributed by atoms with E-state index in [-0.39, 0.29) is 16.8 Å². The molecular weight excluding hydrogens is 428 g/mol. The summed E-state index contributed by atoms with van der Waals surface area (Å²) in [6, 6.07) is 13.5. The van der Waals surface area contributed by atoms with E-state index >= 15 is 0 Å². The Hall–Kier alpha value is -3.64. The minimum absolute atomic E-state index is 0.0234. The number of carbonyl (C=O) groups is 1. The maximum atomic E-state index is 13.7. The number of fused-ring (bicyclic) bond motifs is 2. The van der Waals surface area contributed by atoms with E-state index in [1.165, 1.54) is 11.1 Å². The summed E-state index contributed by atoms with van der Waals surface area (Å²) < 4.78 is 11.4. The number of pyridine rings is 1. The van der Waals surface area contributed by atoms with Crippen LogP contribution < -0.4 is 15.1 Å². The van der Waals surface area contributed by atoms with Crippen LogP contribution >= 0.6 is 11.6 Å². The summed E-state index contributed by atoms with van der Waals surface area (Å²) in [6.07, 6.45) is 1.47. The molecule has 0 aliphatic carbocycles. The molecule has 3 heterocycles. The Morgan fingerprint density at radius 3 is 2.56 bits per heavy atom. The summed E-state index contributed by atoms with van der Waals surface area (Å²) in [5.41, 5.74) is 3.11. The van der Waals surface area contributed by atoms with Crippen LogP contribution in [0.25, 0.3) is 11.0 Å². The molecule has 6 nitrogen and oxygen atoms in total. The molecule has 1 aliphatic rings. The lowest BCUT2D eigenvalue weighted by molar-refractivity contribution is 0.0970. The van der Waals surface area contributed by atoms with Crippen LogP contribution in [0.3, 0.4) is 0 Å². The first-order valence-corrected chi connectivity index (χ1v) is 10.4. The van der Waals surface area contributed by atoms with Crippen molar-refractivity contribution in [3.8, 4) is 5.75 Å². The minimum atomic E-state index is -0.719. The van der Waals surface area contributed by atoms with Gasteiger partial charge in [0.1, 0.15) is 17.2 Å². The molecule has 2 aromatic heterocycles. The molecule has 0 fully saturated rings. The first-order valence-electron chi connectivity index (χ1n) is 10.1. The fourth-order valence-electron chi connectivity index (χ4n) is 4.10. The van der Waals surface area contributed by atoms with Crippen LogP contribution in [0.15, 0.2) is 63.9 Å². The molecule has 4 aromatic rings. The zero-order valence-electron chi connectivity index (χ0n) is 17.7. The molecule has 0 N–H and O–H groups in total. The Balaban J connectivity index is 1.82. The number of anilines is 1. The summed E-state index contributed by atoms with van der Waals surface area (Å²) >= 11 is 6.01. The van der Waals surface area contributed by atoms with Gasteiger partial charge in [-0.05, 0) is 66.9 Å². The number of methoxy groups -OCH3 is 1. The summed E-state index contributed by atoms with van der Waals surface area (Å²) in [7, 11) is 1.57. The molecule has 5 rings (SSSR count). The topological polar surface area (TPSA) is 72.6 Å². The quantitative estimate of drug-likeness (QED) is 0.431. The highest BCUT2D eigenvalue weighted by molar-refractivity contribution is 6.30. The lowest BCUT2D eigenvalue weighted by Crippen LogP contribution is -2.30. The number of ether oxygens (including phenoxy) is 1. The number of aryl methyl sites for hydroxylation is 2. The van der Waals surface area contributed by atoms with Crippen LogP contribution in [0.1, 0.15) is 38.9 Å². The number of rotatable bonds is 3. The third-order valence-corrected chi connectivity index (χ3v) is 6.08. The zero-order valence-corrected chi connectivity index (χ0v) is 18.4. The van der Waals surface area contributed by atoms with Gasteiger partial charge < -0.3 is 9.15 Å². The number of aromatic nitrogens is 1. The van der Waals surface area contributed by atoms with E-state index in [1.54, 1.807) is 37.4 Å². The molecule has 0 saturated carbocycles. The monoisotopic (exact) mass is 446 g/mol. The molecule has 0 radical (unpaired) electrons. The van der Waals surface area contributed by atoms with Crippen molar-refractivity contribution >= 4 is 34.3 Å². The van der Waals surface area contributed by atoms with Gasteiger partial charge in [0.2, 0.25) is 5.76 Å². The largest absolute Gasteiger partial charge is 0.497 e. The molecule has 0 saturated heterocycles. The van der Waals surface area contributed by atoms with E-state index in [1.807, 2.05) is 32.0 Å². The lowest BCUT2D eigenvalue weighted by atomic mass is 9.97. The average Bonchev–Trinajstić information content (AvgIpc) is 3.08. The molecule has 7 heteroatoms. The van der Waals surface area contributed by atoms with Crippen LogP contribution in [0.2, 0.25) is 5.02 Å². The number of hydrogen-bond donors (Lipinski definition) is 0. The van der Waals surface area contributed by atoms with E-state index in [9.17, 15) is 9.59 Å².